The van der Waals surface area contributed by atoms with Crippen LogP contribution in [-0.2, 0) is 10.3 Å². The Morgan fingerprint density at radius 1 is 1.10 bits per heavy atom. The lowest BCUT2D eigenvalue weighted by Crippen LogP contribution is -2.50. The number of nitrogens with one attached hydrogen (secondary N) is 2. The molecular weight excluding hydrogens is 507 g/mol. The Balaban J connectivity index is 1.52. The van der Waals surface area contributed by atoms with Gasteiger partial charge in [0.1, 0.15) is 23.1 Å². The van der Waals surface area contributed by atoms with Crippen molar-refractivity contribution in [3.8, 4) is 17.3 Å². The minimum atomic E-state index is -1.04. The lowest BCUT2D eigenvalue weighted by Gasteiger charge is -2.43. The average Bonchev–Trinajstić information content (AvgIpc) is 2.93. The third-order valence-corrected chi connectivity index (χ3v) is 6.96. The van der Waals surface area contributed by atoms with Crippen LogP contribution in [0.2, 0.25) is 0 Å². The first kappa shape index (κ1) is 27.5. The number of carbonyl (C=O) groups excluding carboxylic acids is 1. The maximum Gasteiger partial charge on any atom is 0.411 e. The van der Waals surface area contributed by atoms with E-state index in [1.165, 1.54) is 54.4 Å². The van der Waals surface area contributed by atoms with Gasteiger partial charge in [0.2, 0.25) is 5.96 Å². The Labute approximate surface area is 224 Å². The number of cyclic esters (lactones) is 1. The number of hydrogen-bond acceptors (Lipinski definition) is 4. The summed E-state index contributed by atoms with van der Waals surface area (Å²) in [4.78, 5) is 18.8. The van der Waals surface area contributed by atoms with E-state index in [1.807, 2.05) is 0 Å². The first-order valence-corrected chi connectivity index (χ1v) is 12.4. The van der Waals surface area contributed by atoms with Crippen LogP contribution in [0.4, 0.5) is 18.0 Å². The maximum absolute atomic E-state index is 15.0. The first-order valence-electron chi connectivity index (χ1n) is 12.4. The fraction of sp³-hybridized carbons (Fsp3) is 0.276. The zero-order valence-electron chi connectivity index (χ0n) is 21.5. The summed E-state index contributed by atoms with van der Waals surface area (Å²) in [5.41, 5.74) is 1.05. The fourth-order valence-electron chi connectivity index (χ4n) is 4.75. The minimum absolute atomic E-state index is 0.273. The van der Waals surface area contributed by atoms with E-state index in [4.69, 9.17) is 10.00 Å². The van der Waals surface area contributed by atoms with Gasteiger partial charge in [-0.2, -0.15) is 5.26 Å². The molecule has 2 unspecified atom stereocenters. The largest absolute Gasteiger partial charge is 0.438 e. The van der Waals surface area contributed by atoms with Crippen molar-refractivity contribution in [2.45, 2.75) is 31.4 Å². The summed E-state index contributed by atoms with van der Waals surface area (Å²) in [5, 5.41) is 14.3. The number of rotatable bonds is 7. The van der Waals surface area contributed by atoms with Crippen molar-refractivity contribution in [1.82, 2.24) is 15.5 Å². The van der Waals surface area contributed by atoms with Gasteiger partial charge in [0.05, 0.1) is 6.04 Å². The number of hydrogen-bond donors (Lipinski definition) is 2. The standard InChI is InChI=1S/C29H28F3N5O2/c1-19(21-5-12-25(26(32)17-21)20-3-8-23(30)9-4-20)37-16-14-29(39-28(37)38,22-6-10-24(31)11-7-22)13-15-35-27(34-2)36-18-33/h3-12,17,19H,13-16H2,1-2H3,(H2,34,35,36). The molecule has 1 saturated heterocycles. The topological polar surface area (TPSA) is 89.8 Å². The van der Waals surface area contributed by atoms with Gasteiger partial charge in [0, 0.05) is 38.5 Å². The second kappa shape index (κ2) is 11.9. The highest BCUT2D eigenvalue weighted by Gasteiger charge is 2.43. The fourth-order valence-corrected chi connectivity index (χ4v) is 4.75. The van der Waals surface area contributed by atoms with Crippen LogP contribution in [-0.4, -0.2) is 37.1 Å². The van der Waals surface area contributed by atoms with E-state index in [0.717, 1.165) is 0 Å². The maximum atomic E-state index is 15.0. The number of guanidine groups is 1. The zero-order valence-corrected chi connectivity index (χ0v) is 21.5. The van der Waals surface area contributed by atoms with Gasteiger partial charge in [-0.15, -0.1) is 0 Å². The number of nitrogens with zero attached hydrogens (tertiary/aromatic N) is 3. The van der Waals surface area contributed by atoms with Crippen molar-refractivity contribution in [2.75, 3.05) is 20.1 Å². The van der Waals surface area contributed by atoms with Gasteiger partial charge >= 0.3 is 6.09 Å². The quantitative estimate of drug-likeness (QED) is 0.178. The van der Waals surface area contributed by atoms with Crippen molar-refractivity contribution in [3.05, 3.63) is 95.3 Å². The molecule has 3 aromatic rings. The molecule has 1 aliphatic rings. The monoisotopic (exact) mass is 535 g/mol. The predicted molar refractivity (Wildman–Crippen MR) is 141 cm³/mol. The number of carbonyl (C=O) groups is 1. The summed E-state index contributed by atoms with van der Waals surface area (Å²) in [5.74, 6) is -1.02. The van der Waals surface area contributed by atoms with Crippen LogP contribution in [0.5, 0.6) is 0 Å². The molecule has 0 aromatic heterocycles. The third-order valence-electron chi connectivity index (χ3n) is 6.96. The van der Waals surface area contributed by atoms with E-state index >= 15 is 4.39 Å². The van der Waals surface area contributed by atoms with Gasteiger partial charge in [-0.1, -0.05) is 36.4 Å². The molecule has 0 aliphatic carbocycles. The second-order valence-corrected chi connectivity index (χ2v) is 9.22. The van der Waals surface area contributed by atoms with Crippen molar-refractivity contribution >= 4 is 12.1 Å². The molecule has 7 nitrogen and oxygen atoms in total. The smallest absolute Gasteiger partial charge is 0.411 e. The van der Waals surface area contributed by atoms with E-state index < -0.39 is 35.2 Å². The summed E-state index contributed by atoms with van der Waals surface area (Å²) in [7, 11) is 1.53. The third kappa shape index (κ3) is 6.14. The van der Waals surface area contributed by atoms with Crippen molar-refractivity contribution in [2.24, 2.45) is 4.99 Å². The first-order chi connectivity index (χ1) is 18.8. The van der Waals surface area contributed by atoms with Crippen molar-refractivity contribution in [3.63, 3.8) is 0 Å². The molecule has 4 rings (SSSR count). The zero-order chi connectivity index (χ0) is 28.0. The molecule has 2 atom stereocenters. The van der Waals surface area contributed by atoms with E-state index in [-0.39, 0.29) is 5.96 Å². The van der Waals surface area contributed by atoms with Gasteiger partial charge in [-0.3, -0.25) is 10.3 Å². The molecule has 1 fully saturated rings. The lowest BCUT2D eigenvalue weighted by molar-refractivity contribution is -0.0646. The van der Waals surface area contributed by atoms with Gasteiger partial charge in [-0.05, 0) is 53.9 Å². The van der Waals surface area contributed by atoms with E-state index in [1.54, 1.807) is 37.4 Å². The summed E-state index contributed by atoms with van der Waals surface area (Å²) >= 11 is 0. The van der Waals surface area contributed by atoms with E-state index in [2.05, 4.69) is 15.6 Å². The molecule has 0 saturated carbocycles. The van der Waals surface area contributed by atoms with Crippen LogP contribution < -0.4 is 10.6 Å². The van der Waals surface area contributed by atoms with E-state index in [9.17, 15) is 13.6 Å². The Hall–Kier alpha value is -4.52. The number of halogens is 3. The molecular formula is C29H28F3N5O2. The van der Waals surface area contributed by atoms with Gasteiger partial charge in [0.15, 0.2) is 6.19 Å². The summed E-state index contributed by atoms with van der Waals surface area (Å²) in [6.07, 6.45) is 1.95. The number of benzene rings is 3. The van der Waals surface area contributed by atoms with Gasteiger partial charge in [-0.25, -0.2) is 18.0 Å². The molecule has 202 valence electrons. The SMILES string of the molecule is CN=C(NC#N)NCCC1(c2ccc(F)cc2)CCN(C(C)c2ccc(-c3ccc(F)cc3)c(F)c2)C(=O)O1. The van der Waals surface area contributed by atoms with Crippen LogP contribution in [0.15, 0.2) is 71.7 Å². The number of nitriles is 1. The minimum Gasteiger partial charge on any atom is -0.438 e. The lowest BCUT2D eigenvalue weighted by atomic mass is 9.85. The highest BCUT2D eigenvalue weighted by atomic mass is 19.1. The van der Waals surface area contributed by atoms with Crippen molar-refractivity contribution < 1.29 is 22.7 Å². The summed E-state index contributed by atoms with van der Waals surface area (Å²) in [6, 6.07) is 15.6. The summed E-state index contributed by atoms with van der Waals surface area (Å²) in [6.45, 7) is 2.42. The van der Waals surface area contributed by atoms with Crippen LogP contribution in [0.3, 0.4) is 0 Å². The Morgan fingerprint density at radius 3 is 2.36 bits per heavy atom. The molecule has 39 heavy (non-hydrogen) atoms. The van der Waals surface area contributed by atoms with Crippen molar-refractivity contribution in [1.29, 1.82) is 5.26 Å². The van der Waals surface area contributed by atoms with Crippen LogP contribution in [0.25, 0.3) is 11.1 Å². The average molecular weight is 536 g/mol. The van der Waals surface area contributed by atoms with Gasteiger partial charge < -0.3 is 15.0 Å². The molecule has 1 heterocycles. The molecule has 3 aromatic carbocycles. The summed E-state index contributed by atoms with van der Waals surface area (Å²) < 4.78 is 48.0. The number of aliphatic imine (C=N–C) groups is 1. The highest BCUT2D eigenvalue weighted by Crippen LogP contribution is 2.40. The highest BCUT2D eigenvalue weighted by molar-refractivity contribution is 5.81. The number of amides is 1. The van der Waals surface area contributed by atoms with Crippen LogP contribution >= 0.6 is 0 Å². The molecule has 1 aliphatic heterocycles. The van der Waals surface area contributed by atoms with Crippen LogP contribution in [0.1, 0.15) is 36.9 Å². The molecule has 2 N–H and O–H groups in total. The molecule has 0 radical (unpaired) electrons. The number of ether oxygens (including phenoxy) is 1. The molecule has 0 bridgehead atoms. The molecule has 1 amide bonds. The molecule has 0 spiro atoms. The second-order valence-electron chi connectivity index (χ2n) is 9.22. The van der Waals surface area contributed by atoms with E-state index in [0.29, 0.717) is 48.2 Å². The molecule has 10 heteroatoms. The van der Waals surface area contributed by atoms with Gasteiger partial charge in [0.25, 0.3) is 0 Å². The Morgan fingerprint density at radius 2 is 1.77 bits per heavy atom. The predicted octanol–water partition coefficient (Wildman–Crippen LogP) is 5.61. The van der Waals surface area contributed by atoms with Crippen LogP contribution in [0, 0.1) is 28.9 Å². The normalized spacial score (nSPS) is 18.2. The Kier molecular flexibility index (Phi) is 8.39. The Bertz CT molecular complexity index is 1390.